The first-order chi connectivity index (χ1) is 7.52. The van der Waals surface area contributed by atoms with E-state index in [2.05, 4.69) is 8.57 Å². The Hall–Kier alpha value is -1.42. The summed E-state index contributed by atoms with van der Waals surface area (Å²) >= 11 is 0. The zero-order valence-electron chi connectivity index (χ0n) is 8.01. The van der Waals surface area contributed by atoms with E-state index in [0.717, 1.165) is 12.1 Å². The lowest BCUT2D eigenvalue weighted by molar-refractivity contribution is 0.196. The molecule has 2 rings (SSSR count). The maximum absolute atomic E-state index is 12.9. The van der Waals surface area contributed by atoms with Crippen molar-refractivity contribution in [3.05, 3.63) is 24.0 Å². The maximum atomic E-state index is 12.9. The van der Waals surface area contributed by atoms with E-state index in [4.69, 9.17) is 4.74 Å². The van der Waals surface area contributed by atoms with E-state index in [1.807, 2.05) is 5.59 Å². The van der Waals surface area contributed by atoms with Crippen molar-refractivity contribution in [3.63, 3.8) is 0 Å². The molecule has 1 heterocycles. The fraction of sp³-hybridized carbons (Fsp3) is 0.143. The highest BCUT2D eigenvalue weighted by Crippen LogP contribution is 2.30. The van der Waals surface area contributed by atoms with Gasteiger partial charge in [-0.05, 0) is 12.1 Å². The molecule has 1 aromatic rings. The number of nitrogens with one attached hydrogen (secondary N) is 1. The Labute approximate surface area is 90.5 Å². The van der Waals surface area contributed by atoms with E-state index in [1.165, 1.54) is 13.2 Å². The predicted molar refractivity (Wildman–Crippen MR) is 49.7 cm³/mol. The van der Waals surface area contributed by atoms with Gasteiger partial charge in [0, 0.05) is 6.07 Å². The molecule has 1 fully saturated rings. The predicted octanol–water partition coefficient (Wildman–Crippen LogP) is 0.267. The Morgan fingerprint density at radius 1 is 1.50 bits per heavy atom. The second-order valence-corrected chi connectivity index (χ2v) is 3.90. The first-order valence-electron chi connectivity index (χ1n) is 4.04. The number of hydrazine groups is 1. The minimum atomic E-state index is -4.11. The van der Waals surface area contributed by atoms with Crippen LogP contribution in [0.15, 0.2) is 18.2 Å². The van der Waals surface area contributed by atoms with Gasteiger partial charge >= 0.3 is 10.4 Å². The summed E-state index contributed by atoms with van der Waals surface area (Å²) < 4.78 is 47.9. The normalized spacial score (nSPS) is 18.8. The molecule has 7 nitrogen and oxygen atoms in total. The zero-order valence-corrected chi connectivity index (χ0v) is 8.82. The fourth-order valence-electron chi connectivity index (χ4n) is 1.11. The number of ether oxygens (including phenoxy) is 1. The first-order valence-corrected chi connectivity index (χ1v) is 5.37. The summed E-state index contributed by atoms with van der Waals surface area (Å²) in [6.07, 6.45) is 0. The van der Waals surface area contributed by atoms with Crippen molar-refractivity contribution >= 4 is 16.1 Å². The van der Waals surface area contributed by atoms with Crippen LogP contribution in [0.4, 0.5) is 10.1 Å². The number of benzene rings is 1. The standard InChI is InChI=1S/C7H7FN2O5S/c1-13-7-4-5(8)2-3-6(7)10-9-14-16(11,12)15-10/h2-4,9H,1H3. The number of nitrogens with zero attached hydrogens (tertiary/aromatic N) is 1. The van der Waals surface area contributed by atoms with Crippen LogP contribution >= 0.6 is 0 Å². The van der Waals surface area contributed by atoms with Crippen molar-refractivity contribution in [2.45, 2.75) is 0 Å². The van der Waals surface area contributed by atoms with Crippen molar-refractivity contribution in [1.82, 2.24) is 5.59 Å². The van der Waals surface area contributed by atoms with Gasteiger partial charge in [-0.15, -0.1) is 13.7 Å². The highest BCUT2D eigenvalue weighted by molar-refractivity contribution is 7.82. The molecule has 1 aromatic carbocycles. The fourth-order valence-corrected chi connectivity index (χ4v) is 1.59. The summed E-state index contributed by atoms with van der Waals surface area (Å²) in [5.41, 5.74) is 2.14. The lowest BCUT2D eigenvalue weighted by Gasteiger charge is -2.14. The molecule has 1 aliphatic heterocycles. The van der Waals surface area contributed by atoms with E-state index in [9.17, 15) is 12.8 Å². The molecule has 16 heavy (non-hydrogen) atoms. The van der Waals surface area contributed by atoms with Crippen LogP contribution in [0.1, 0.15) is 0 Å². The van der Waals surface area contributed by atoms with E-state index < -0.39 is 16.2 Å². The second-order valence-electron chi connectivity index (χ2n) is 2.77. The quantitative estimate of drug-likeness (QED) is 0.807. The monoisotopic (exact) mass is 250 g/mol. The lowest BCUT2D eigenvalue weighted by atomic mass is 10.3. The summed E-state index contributed by atoms with van der Waals surface area (Å²) in [5.74, 6) is -0.434. The Balaban J connectivity index is 2.34. The van der Waals surface area contributed by atoms with Crippen molar-refractivity contribution in [1.29, 1.82) is 0 Å². The molecule has 1 N–H and O–H groups in total. The number of hydrogen-bond donors (Lipinski definition) is 1. The zero-order chi connectivity index (χ0) is 11.8. The van der Waals surface area contributed by atoms with Crippen molar-refractivity contribution < 1.29 is 26.1 Å². The van der Waals surface area contributed by atoms with Gasteiger partial charge in [0.1, 0.15) is 17.3 Å². The molecule has 88 valence electrons. The topological polar surface area (TPSA) is 77.1 Å². The molecule has 1 aliphatic rings. The summed E-state index contributed by atoms with van der Waals surface area (Å²) in [4.78, 5) is 0. The highest BCUT2D eigenvalue weighted by Gasteiger charge is 2.30. The molecule has 0 bridgehead atoms. The van der Waals surface area contributed by atoms with E-state index in [-0.39, 0.29) is 11.4 Å². The number of halogens is 1. The molecule has 0 saturated carbocycles. The SMILES string of the molecule is COc1cc(F)ccc1N1NOS(=O)(=O)O1. The molecule has 0 spiro atoms. The molecular weight excluding hydrogens is 243 g/mol. The summed E-state index contributed by atoms with van der Waals surface area (Å²) in [6.45, 7) is 0. The van der Waals surface area contributed by atoms with Gasteiger partial charge in [0.05, 0.1) is 7.11 Å². The van der Waals surface area contributed by atoms with Crippen LogP contribution in [0.5, 0.6) is 5.75 Å². The summed E-state index contributed by atoms with van der Waals surface area (Å²) in [6, 6.07) is 3.46. The molecular formula is C7H7FN2O5S. The van der Waals surface area contributed by atoms with Crippen molar-refractivity contribution in [3.8, 4) is 5.75 Å². The van der Waals surface area contributed by atoms with Gasteiger partial charge in [-0.3, -0.25) is 0 Å². The van der Waals surface area contributed by atoms with Gasteiger partial charge in [0.15, 0.2) is 0 Å². The average Bonchev–Trinajstić information content (AvgIpc) is 2.58. The van der Waals surface area contributed by atoms with Crippen LogP contribution in [-0.2, 0) is 19.0 Å². The van der Waals surface area contributed by atoms with Crippen molar-refractivity contribution in [2.24, 2.45) is 0 Å². The molecule has 0 atom stereocenters. The smallest absolute Gasteiger partial charge is 0.440 e. The minimum absolute atomic E-state index is 0.0909. The molecule has 0 aliphatic carbocycles. The van der Waals surface area contributed by atoms with E-state index in [1.54, 1.807) is 0 Å². The maximum Gasteiger partial charge on any atom is 0.440 e. The molecule has 0 unspecified atom stereocenters. The van der Waals surface area contributed by atoms with Crippen LogP contribution < -0.4 is 15.5 Å². The number of methoxy groups -OCH3 is 1. The lowest BCUT2D eigenvalue weighted by Crippen LogP contribution is -2.28. The van der Waals surface area contributed by atoms with Crippen LogP contribution in [0, 0.1) is 5.82 Å². The number of hydrogen-bond acceptors (Lipinski definition) is 7. The third-order valence-electron chi connectivity index (χ3n) is 1.75. The summed E-state index contributed by atoms with van der Waals surface area (Å²) in [5, 5.41) is 0.702. The van der Waals surface area contributed by atoms with Gasteiger partial charge in [-0.1, -0.05) is 5.59 Å². The van der Waals surface area contributed by atoms with Gasteiger partial charge < -0.3 is 4.74 Å². The second kappa shape index (κ2) is 3.87. The molecule has 0 radical (unpaired) electrons. The average molecular weight is 250 g/mol. The third kappa shape index (κ3) is 2.07. The third-order valence-corrected chi connectivity index (χ3v) is 2.36. The van der Waals surface area contributed by atoms with E-state index >= 15 is 0 Å². The summed E-state index contributed by atoms with van der Waals surface area (Å²) in [7, 11) is -2.80. The van der Waals surface area contributed by atoms with Crippen LogP contribution in [0.2, 0.25) is 0 Å². The van der Waals surface area contributed by atoms with Gasteiger partial charge in [-0.2, -0.15) is 8.42 Å². The minimum Gasteiger partial charge on any atom is -0.494 e. The largest absolute Gasteiger partial charge is 0.494 e. The van der Waals surface area contributed by atoms with Gasteiger partial charge in [0.2, 0.25) is 0 Å². The Morgan fingerprint density at radius 2 is 2.25 bits per heavy atom. The van der Waals surface area contributed by atoms with Crippen LogP contribution in [0.25, 0.3) is 0 Å². The number of rotatable bonds is 2. The van der Waals surface area contributed by atoms with Crippen LogP contribution in [0.3, 0.4) is 0 Å². The van der Waals surface area contributed by atoms with Crippen molar-refractivity contribution in [2.75, 3.05) is 12.3 Å². The Kier molecular flexibility index (Phi) is 2.68. The number of anilines is 1. The Bertz CT molecular complexity index is 505. The van der Waals surface area contributed by atoms with E-state index in [0.29, 0.717) is 5.17 Å². The molecule has 0 amide bonds. The molecule has 9 heteroatoms. The highest BCUT2D eigenvalue weighted by atomic mass is 32.3. The Morgan fingerprint density at radius 3 is 2.81 bits per heavy atom. The van der Waals surface area contributed by atoms with Gasteiger partial charge in [0.25, 0.3) is 0 Å². The van der Waals surface area contributed by atoms with Crippen LogP contribution in [-0.4, -0.2) is 15.5 Å². The first kappa shape index (κ1) is 11.1. The van der Waals surface area contributed by atoms with Gasteiger partial charge in [-0.25, -0.2) is 4.39 Å². The molecule has 0 aromatic heterocycles. The molecule has 1 saturated heterocycles.